The van der Waals surface area contributed by atoms with Crippen LogP contribution in [0.1, 0.15) is 38.7 Å². The van der Waals surface area contributed by atoms with E-state index in [1.165, 1.54) is 19.3 Å². The molecule has 0 aliphatic carbocycles. The van der Waals surface area contributed by atoms with E-state index in [0.29, 0.717) is 6.04 Å². The van der Waals surface area contributed by atoms with Crippen LogP contribution in [-0.4, -0.2) is 11.0 Å². The van der Waals surface area contributed by atoms with E-state index in [-0.39, 0.29) is 0 Å². The van der Waals surface area contributed by atoms with Crippen molar-refractivity contribution in [1.82, 2.24) is 4.98 Å². The normalized spacial score (nSPS) is 12.5. The SMILES string of the molecule is CCCCC(C)Nc1cc(C)c(N)cn1. The Kier molecular flexibility index (Phi) is 4.40. The Balaban J connectivity index is 2.53. The number of pyridine rings is 1. The van der Waals surface area contributed by atoms with Crippen molar-refractivity contribution in [3.05, 3.63) is 17.8 Å². The van der Waals surface area contributed by atoms with E-state index in [4.69, 9.17) is 5.73 Å². The first-order valence-electron chi connectivity index (χ1n) is 5.62. The molecule has 0 saturated carbocycles. The van der Waals surface area contributed by atoms with Gasteiger partial charge < -0.3 is 11.1 Å². The van der Waals surface area contributed by atoms with Gasteiger partial charge in [-0.05, 0) is 31.9 Å². The third-order valence-corrected chi connectivity index (χ3v) is 2.54. The maximum absolute atomic E-state index is 5.71. The summed E-state index contributed by atoms with van der Waals surface area (Å²) in [5.74, 6) is 0.922. The van der Waals surface area contributed by atoms with Crippen LogP contribution < -0.4 is 11.1 Å². The molecule has 0 fully saturated rings. The number of hydrogen-bond acceptors (Lipinski definition) is 3. The Morgan fingerprint density at radius 3 is 2.87 bits per heavy atom. The second kappa shape index (κ2) is 5.59. The lowest BCUT2D eigenvalue weighted by atomic mass is 10.1. The number of nitrogens with zero attached hydrogens (tertiary/aromatic N) is 1. The smallest absolute Gasteiger partial charge is 0.126 e. The van der Waals surface area contributed by atoms with Crippen LogP contribution >= 0.6 is 0 Å². The molecule has 84 valence electrons. The van der Waals surface area contributed by atoms with Gasteiger partial charge in [0, 0.05) is 6.04 Å². The molecule has 15 heavy (non-hydrogen) atoms. The molecule has 1 unspecified atom stereocenters. The van der Waals surface area contributed by atoms with Crippen LogP contribution in [-0.2, 0) is 0 Å². The molecule has 0 bridgehead atoms. The molecule has 3 N–H and O–H groups in total. The molecule has 1 aromatic heterocycles. The van der Waals surface area contributed by atoms with Crippen molar-refractivity contribution in [3.8, 4) is 0 Å². The number of nitrogen functional groups attached to an aromatic ring is 1. The van der Waals surface area contributed by atoms with E-state index in [1.807, 2.05) is 13.0 Å². The quantitative estimate of drug-likeness (QED) is 0.780. The summed E-state index contributed by atoms with van der Waals surface area (Å²) >= 11 is 0. The molecular weight excluding hydrogens is 186 g/mol. The minimum Gasteiger partial charge on any atom is -0.397 e. The lowest BCUT2D eigenvalue weighted by molar-refractivity contribution is 0.643. The standard InChI is InChI=1S/C12H21N3/c1-4-5-6-10(3)15-12-7-9(2)11(13)8-14-12/h7-8,10H,4-6,13H2,1-3H3,(H,14,15). The minimum absolute atomic E-state index is 0.473. The van der Waals surface area contributed by atoms with Gasteiger partial charge in [-0.25, -0.2) is 4.98 Å². The van der Waals surface area contributed by atoms with Crippen molar-refractivity contribution >= 4 is 11.5 Å². The predicted octanol–water partition coefficient (Wildman–Crippen LogP) is 2.96. The summed E-state index contributed by atoms with van der Waals surface area (Å²) in [6, 6.07) is 2.47. The maximum atomic E-state index is 5.71. The molecule has 0 saturated heterocycles. The monoisotopic (exact) mass is 207 g/mol. The third kappa shape index (κ3) is 3.78. The molecule has 0 radical (unpaired) electrons. The molecule has 0 amide bonds. The lowest BCUT2D eigenvalue weighted by Gasteiger charge is -2.14. The van der Waals surface area contributed by atoms with Crippen LogP contribution in [0.25, 0.3) is 0 Å². The summed E-state index contributed by atoms with van der Waals surface area (Å²) < 4.78 is 0. The summed E-state index contributed by atoms with van der Waals surface area (Å²) in [5, 5.41) is 3.38. The average molecular weight is 207 g/mol. The molecule has 0 aliphatic rings. The Labute approximate surface area is 92.1 Å². The van der Waals surface area contributed by atoms with Crippen LogP contribution in [0.5, 0.6) is 0 Å². The molecule has 1 heterocycles. The van der Waals surface area contributed by atoms with Crippen molar-refractivity contribution in [2.24, 2.45) is 0 Å². The molecule has 0 spiro atoms. The van der Waals surface area contributed by atoms with Gasteiger partial charge in [-0.3, -0.25) is 0 Å². The van der Waals surface area contributed by atoms with E-state index in [1.54, 1.807) is 6.20 Å². The number of rotatable bonds is 5. The van der Waals surface area contributed by atoms with Crippen LogP contribution in [0.15, 0.2) is 12.3 Å². The van der Waals surface area contributed by atoms with E-state index in [0.717, 1.165) is 17.1 Å². The molecule has 0 aromatic carbocycles. The first-order chi connectivity index (χ1) is 7.13. The summed E-state index contributed by atoms with van der Waals surface area (Å²) in [5.41, 5.74) is 7.54. The zero-order chi connectivity index (χ0) is 11.3. The van der Waals surface area contributed by atoms with Gasteiger partial charge in [0.05, 0.1) is 11.9 Å². The fourth-order valence-electron chi connectivity index (χ4n) is 1.48. The Hall–Kier alpha value is -1.25. The highest BCUT2D eigenvalue weighted by atomic mass is 15.0. The van der Waals surface area contributed by atoms with Gasteiger partial charge in [-0.15, -0.1) is 0 Å². The highest BCUT2D eigenvalue weighted by Crippen LogP contribution is 2.14. The van der Waals surface area contributed by atoms with Crippen molar-refractivity contribution in [2.75, 3.05) is 11.1 Å². The van der Waals surface area contributed by atoms with Gasteiger partial charge in [0.1, 0.15) is 5.82 Å². The highest BCUT2D eigenvalue weighted by molar-refractivity contribution is 5.51. The number of hydrogen-bond donors (Lipinski definition) is 2. The van der Waals surface area contributed by atoms with Gasteiger partial charge >= 0.3 is 0 Å². The van der Waals surface area contributed by atoms with Crippen molar-refractivity contribution < 1.29 is 0 Å². The van der Waals surface area contributed by atoms with Crippen molar-refractivity contribution in [3.63, 3.8) is 0 Å². The van der Waals surface area contributed by atoms with Gasteiger partial charge in [-0.1, -0.05) is 19.8 Å². The Bertz CT molecular complexity index is 310. The average Bonchev–Trinajstić information content (AvgIpc) is 2.20. The summed E-state index contributed by atoms with van der Waals surface area (Å²) in [6.07, 6.45) is 5.38. The largest absolute Gasteiger partial charge is 0.397 e. The van der Waals surface area contributed by atoms with Gasteiger partial charge in [0.2, 0.25) is 0 Å². The summed E-state index contributed by atoms with van der Waals surface area (Å²) in [6.45, 7) is 6.39. The van der Waals surface area contributed by atoms with Crippen LogP contribution in [0, 0.1) is 6.92 Å². The van der Waals surface area contributed by atoms with E-state index >= 15 is 0 Å². The maximum Gasteiger partial charge on any atom is 0.126 e. The number of unbranched alkanes of at least 4 members (excludes halogenated alkanes) is 1. The van der Waals surface area contributed by atoms with Crippen LogP contribution in [0.3, 0.4) is 0 Å². The molecule has 3 nitrogen and oxygen atoms in total. The Morgan fingerprint density at radius 2 is 2.27 bits per heavy atom. The number of aryl methyl sites for hydroxylation is 1. The molecule has 3 heteroatoms. The number of anilines is 2. The van der Waals surface area contributed by atoms with E-state index in [2.05, 4.69) is 24.1 Å². The van der Waals surface area contributed by atoms with Crippen LogP contribution in [0.2, 0.25) is 0 Å². The van der Waals surface area contributed by atoms with E-state index in [9.17, 15) is 0 Å². The summed E-state index contributed by atoms with van der Waals surface area (Å²) in [4.78, 5) is 4.25. The molecule has 1 aromatic rings. The second-order valence-corrected chi connectivity index (χ2v) is 4.11. The molecular formula is C12H21N3. The first kappa shape index (κ1) is 11.8. The highest BCUT2D eigenvalue weighted by Gasteiger charge is 2.03. The van der Waals surface area contributed by atoms with Crippen molar-refractivity contribution in [1.29, 1.82) is 0 Å². The molecule has 1 atom stereocenters. The van der Waals surface area contributed by atoms with Gasteiger partial charge in [0.25, 0.3) is 0 Å². The van der Waals surface area contributed by atoms with Crippen molar-refractivity contribution in [2.45, 2.75) is 46.1 Å². The number of aromatic nitrogens is 1. The van der Waals surface area contributed by atoms with Gasteiger partial charge in [0.15, 0.2) is 0 Å². The molecule has 0 aliphatic heterocycles. The zero-order valence-corrected chi connectivity index (χ0v) is 9.88. The second-order valence-electron chi connectivity index (χ2n) is 4.11. The fourth-order valence-corrected chi connectivity index (χ4v) is 1.48. The van der Waals surface area contributed by atoms with E-state index < -0.39 is 0 Å². The third-order valence-electron chi connectivity index (χ3n) is 2.54. The topological polar surface area (TPSA) is 50.9 Å². The molecule has 1 rings (SSSR count). The number of nitrogens with two attached hydrogens (primary N) is 1. The Morgan fingerprint density at radius 1 is 1.53 bits per heavy atom. The predicted molar refractivity (Wildman–Crippen MR) is 66.0 cm³/mol. The minimum atomic E-state index is 0.473. The summed E-state index contributed by atoms with van der Waals surface area (Å²) in [7, 11) is 0. The first-order valence-corrected chi connectivity index (χ1v) is 5.62. The zero-order valence-electron chi connectivity index (χ0n) is 9.88. The van der Waals surface area contributed by atoms with Crippen LogP contribution in [0.4, 0.5) is 11.5 Å². The lowest BCUT2D eigenvalue weighted by Crippen LogP contribution is -2.15. The number of nitrogens with one attached hydrogen (secondary N) is 1. The fraction of sp³-hybridized carbons (Fsp3) is 0.583. The van der Waals surface area contributed by atoms with Gasteiger partial charge in [-0.2, -0.15) is 0 Å².